The average Bonchev–Trinajstić information content (AvgIpc) is 2.69. The van der Waals surface area contributed by atoms with Crippen molar-refractivity contribution in [2.45, 2.75) is 26.1 Å². The number of nitrogens with one attached hydrogen (secondary N) is 1. The van der Waals surface area contributed by atoms with Crippen LogP contribution in [-0.2, 0) is 22.6 Å². The van der Waals surface area contributed by atoms with Gasteiger partial charge in [0.25, 0.3) is 5.91 Å². The van der Waals surface area contributed by atoms with Gasteiger partial charge in [0.15, 0.2) is 6.10 Å². The molecule has 0 spiro atoms. The Morgan fingerprint density at radius 1 is 1.18 bits per heavy atom. The lowest BCUT2D eigenvalue weighted by atomic mass is 10.1. The first kappa shape index (κ1) is 20.9. The van der Waals surface area contributed by atoms with Gasteiger partial charge in [0.05, 0.1) is 18.2 Å². The van der Waals surface area contributed by atoms with E-state index < -0.39 is 6.10 Å². The summed E-state index contributed by atoms with van der Waals surface area (Å²) >= 11 is 12.0. The molecule has 1 unspecified atom stereocenters. The standard InChI is InChI=1S/C21H24Cl2N2O3/c1-15(28-20-6-5-18(22)12-19(20)23)21(26)24-13-16-3-2-4-17(11-16)14-25-7-9-27-10-8-25/h2-6,11-12,15H,7-10,13-14H2,1H3,(H,24,26). The summed E-state index contributed by atoms with van der Waals surface area (Å²) in [4.78, 5) is 14.7. The molecule has 0 saturated carbocycles. The van der Waals surface area contributed by atoms with E-state index in [0.29, 0.717) is 22.3 Å². The van der Waals surface area contributed by atoms with Crippen molar-refractivity contribution in [3.63, 3.8) is 0 Å². The van der Waals surface area contributed by atoms with E-state index in [1.165, 1.54) is 5.56 Å². The number of carbonyl (C=O) groups excluding carboxylic acids is 1. The molecule has 1 N–H and O–H groups in total. The maximum absolute atomic E-state index is 12.4. The van der Waals surface area contributed by atoms with Gasteiger partial charge in [-0.1, -0.05) is 47.5 Å². The fourth-order valence-electron chi connectivity index (χ4n) is 3.00. The van der Waals surface area contributed by atoms with Crippen molar-refractivity contribution in [2.75, 3.05) is 26.3 Å². The maximum Gasteiger partial charge on any atom is 0.261 e. The fraction of sp³-hybridized carbons (Fsp3) is 0.381. The molecule has 5 nitrogen and oxygen atoms in total. The van der Waals surface area contributed by atoms with Gasteiger partial charge in [-0.05, 0) is 36.2 Å². The van der Waals surface area contributed by atoms with Crippen LogP contribution in [0.3, 0.4) is 0 Å². The number of amides is 1. The van der Waals surface area contributed by atoms with E-state index >= 15 is 0 Å². The van der Waals surface area contributed by atoms with Crippen LogP contribution in [0.2, 0.25) is 10.0 Å². The second-order valence-corrected chi connectivity index (χ2v) is 7.60. The molecule has 1 aliphatic heterocycles. The van der Waals surface area contributed by atoms with Crippen LogP contribution in [0.5, 0.6) is 5.75 Å². The lowest BCUT2D eigenvalue weighted by Gasteiger charge is -2.26. The van der Waals surface area contributed by atoms with Crippen molar-refractivity contribution in [3.8, 4) is 5.75 Å². The minimum absolute atomic E-state index is 0.204. The van der Waals surface area contributed by atoms with E-state index in [1.54, 1.807) is 25.1 Å². The largest absolute Gasteiger partial charge is 0.479 e. The zero-order valence-corrected chi connectivity index (χ0v) is 17.3. The third kappa shape index (κ3) is 6.11. The SMILES string of the molecule is CC(Oc1ccc(Cl)cc1Cl)C(=O)NCc1cccc(CN2CCOCC2)c1. The van der Waals surface area contributed by atoms with E-state index in [9.17, 15) is 4.79 Å². The van der Waals surface area contributed by atoms with Crippen LogP contribution in [0.15, 0.2) is 42.5 Å². The first-order valence-electron chi connectivity index (χ1n) is 9.28. The highest BCUT2D eigenvalue weighted by molar-refractivity contribution is 6.35. The molecule has 1 saturated heterocycles. The van der Waals surface area contributed by atoms with Crippen LogP contribution in [0.25, 0.3) is 0 Å². The van der Waals surface area contributed by atoms with Gasteiger partial charge >= 0.3 is 0 Å². The van der Waals surface area contributed by atoms with E-state index in [4.69, 9.17) is 32.7 Å². The fourth-order valence-corrected chi connectivity index (χ4v) is 3.46. The summed E-state index contributed by atoms with van der Waals surface area (Å²) in [5.74, 6) is 0.228. The van der Waals surface area contributed by atoms with Gasteiger partial charge in [-0.25, -0.2) is 0 Å². The number of nitrogens with zero attached hydrogens (tertiary/aromatic N) is 1. The third-order valence-corrected chi connectivity index (χ3v) is 5.07. The third-order valence-electron chi connectivity index (χ3n) is 4.53. The number of hydrogen-bond acceptors (Lipinski definition) is 4. The summed E-state index contributed by atoms with van der Waals surface area (Å²) in [7, 11) is 0. The quantitative estimate of drug-likeness (QED) is 0.734. The highest BCUT2D eigenvalue weighted by Gasteiger charge is 2.16. The predicted molar refractivity (Wildman–Crippen MR) is 111 cm³/mol. The van der Waals surface area contributed by atoms with E-state index in [1.807, 2.05) is 12.1 Å². The summed E-state index contributed by atoms with van der Waals surface area (Å²) in [6.07, 6.45) is -0.671. The topological polar surface area (TPSA) is 50.8 Å². The first-order valence-corrected chi connectivity index (χ1v) is 10.0. The van der Waals surface area contributed by atoms with E-state index in [-0.39, 0.29) is 5.91 Å². The Bertz CT molecular complexity index is 810. The second-order valence-electron chi connectivity index (χ2n) is 6.76. The van der Waals surface area contributed by atoms with Gasteiger partial charge in [0.1, 0.15) is 5.75 Å². The minimum Gasteiger partial charge on any atom is -0.479 e. The van der Waals surface area contributed by atoms with E-state index in [0.717, 1.165) is 38.4 Å². The Kier molecular flexibility index (Phi) is 7.57. The monoisotopic (exact) mass is 422 g/mol. The Labute approximate surface area is 175 Å². The van der Waals surface area contributed by atoms with Crippen molar-refractivity contribution in [2.24, 2.45) is 0 Å². The van der Waals surface area contributed by atoms with Crippen LogP contribution >= 0.6 is 23.2 Å². The number of morpholine rings is 1. The number of rotatable bonds is 7. The molecular formula is C21H24Cl2N2O3. The second kappa shape index (κ2) is 10.1. The molecule has 2 aromatic rings. The van der Waals surface area contributed by atoms with Gasteiger partial charge in [-0.3, -0.25) is 9.69 Å². The molecule has 1 aliphatic rings. The van der Waals surface area contributed by atoms with Crippen LogP contribution < -0.4 is 10.1 Å². The van der Waals surface area contributed by atoms with Crippen LogP contribution in [0.4, 0.5) is 0 Å². The molecule has 0 radical (unpaired) electrons. The first-order chi connectivity index (χ1) is 13.5. The van der Waals surface area contributed by atoms with Crippen molar-refractivity contribution in [1.82, 2.24) is 10.2 Å². The smallest absolute Gasteiger partial charge is 0.261 e. The van der Waals surface area contributed by atoms with Gasteiger partial charge < -0.3 is 14.8 Å². The number of hydrogen-bond donors (Lipinski definition) is 1. The molecule has 0 aromatic heterocycles. The summed E-state index contributed by atoms with van der Waals surface area (Å²) in [6, 6.07) is 13.2. The molecular weight excluding hydrogens is 399 g/mol. The van der Waals surface area contributed by atoms with Gasteiger partial charge in [-0.2, -0.15) is 0 Å². The molecule has 1 atom stereocenters. The van der Waals surface area contributed by atoms with Crippen molar-refractivity contribution < 1.29 is 14.3 Å². The highest BCUT2D eigenvalue weighted by atomic mass is 35.5. The van der Waals surface area contributed by atoms with Crippen LogP contribution in [0.1, 0.15) is 18.1 Å². The molecule has 7 heteroatoms. The van der Waals surface area contributed by atoms with Gasteiger partial charge in [-0.15, -0.1) is 0 Å². The number of ether oxygens (including phenoxy) is 2. The molecule has 2 aromatic carbocycles. The summed E-state index contributed by atoms with van der Waals surface area (Å²) < 4.78 is 11.0. The summed E-state index contributed by atoms with van der Waals surface area (Å²) in [5.41, 5.74) is 2.28. The Hall–Kier alpha value is -1.79. The van der Waals surface area contributed by atoms with Crippen LogP contribution in [-0.4, -0.2) is 43.2 Å². The molecule has 150 valence electrons. The number of benzene rings is 2. The van der Waals surface area contributed by atoms with Gasteiger partial charge in [0.2, 0.25) is 0 Å². The molecule has 1 fully saturated rings. The zero-order chi connectivity index (χ0) is 19.9. The minimum atomic E-state index is -0.671. The molecule has 3 rings (SSSR count). The predicted octanol–water partition coefficient (Wildman–Crippen LogP) is 3.91. The summed E-state index contributed by atoms with van der Waals surface area (Å²) in [5, 5.41) is 3.81. The lowest BCUT2D eigenvalue weighted by molar-refractivity contribution is -0.127. The maximum atomic E-state index is 12.4. The van der Waals surface area contributed by atoms with Crippen molar-refractivity contribution in [1.29, 1.82) is 0 Å². The number of carbonyl (C=O) groups is 1. The number of halogens is 2. The van der Waals surface area contributed by atoms with Crippen LogP contribution in [0, 0.1) is 0 Å². The van der Waals surface area contributed by atoms with Crippen molar-refractivity contribution >= 4 is 29.1 Å². The lowest BCUT2D eigenvalue weighted by Crippen LogP contribution is -2.36. The molecule has 0 aliphatic carbocycles. The Balaban J connectivity index is 1.51. The Morgan fingerprint density at radius 2 is 1.93 bits per heavy atom. The normalized spacial score (nSPS) is 15.8. The molecule has 28 heavy (non-hydrogen) atoms. The average molecular weight is 423 g/mol. The molecule has 0 bridgehead atoms. The zero-order valence-electron chi connectivity index (χ0n) is 15.8. The highest BCUT2D eigenvalue weighted by Crippen LogP contribution is 2.28. The summed E-state index contributed by atoms with van der Waals surface area (Å²) in [6.45, 7) is 6.48. The molecule has 1 amide bonds. The molecule has 1 heterocycles. The Morgan fingerprint density at radius 3 is 2.68 bits per heavy atom. The van der Waals surface area contributed by atoms with Crippen molar-refractivity contribution in [3.05, 3.63) is 63.6 Å². The van der Waals surface area contributed by atoms with Gasteiger partial charge in [0, 0.05) is 31.2 Å². The van der Waals surface area contributed by atoms with E-state index in [2.05, 4.69) is 22.3 Å².